The fraction of sp³-hybridized carbons (Fsp3) is 1.00. The van der Waals surface area contributed by atoms with E-state index in [0.717, 1.165) is 12.8 Å². The SMILES string of the molecule is [N-]=[N+]=NCCCCCCCCCCCSSCCCCCCCCCCCN=[N+]=[N-]. The molecule has 0 fully saturated rings. The minimum Gasteiger partial charge on any atom is -0.0942 e. The molecule has 0 radical (unpaired) electrons. The molecule has 0 aliphatic heterocycles. The van der Waals surface area contributed by atoms with E-state index in [-0.39, 0.29) is 0 Å². The van der Waals surface area contributed by atoms with Crippen molar-refractivity contribution in [1.82, 2.24) is 0 Å². The summed E-state index contributed by atoms with van der Waals surface area (Å²) in [5.74, 6) is 2.62. The first-order valence-electron chi connectivity index (χ1n) is 12.2. The van der Waals surface area contributed by atoms with Crippen LogP contribution in [0.4, 0.5) is 0 Å². The van der Waals surface area contributed by atoms with Gasteiger partial charge >= 0.3 is 0 Å². The van der Waals surface area contributed by atoms with Crippen LogP contribution in [0.15, 0.2) is 10.2 Å². The summed E-state index contributed by atoms with van der Waals surface area (Å²) in [6.45, 7) is 1.32. The second kappa shape index (κ2) is 28.3. The van der Waals surface area contributed by atoms with Crippen LogP contribution in [0.25, 0.3) is 20.9 Å². The summed E-state index contributed by atoms with van der Waals surface area (Å²) in [6.07, 6.45) is 23.5. The van der Waals surface area contributed by atoms with E-state index in [0.29, 0.717) is 13.1 Å². The van der Waals surface area contributed by atoms with Gasteiger partial charge in [0, 0.05) is 34.4 Å². The van der Waals surface area contributed by atoms with Crippen molar-refractivity contribution in [3.05, 3.63) is 20.9 Å². The van der Waals surface area contributed by atoms with E-state index in [9.17, 15) is 0 Å². The van der Waals surface area contributed by atoms with Gasteiger partial charge in [0.2, 0.25) is 0 Å². The van der Waals surface area contributed by atoms with Crippen LogP contribution in [0.3, 0.4) is 0 Å². The zero-order chi connectivity index (χ0) is 21.8. The van der Waals surface area contributed by atoms with Crippen LogP contribution in [0.2, 0.25) is 0 Å². The summed E-state index contributed by atoms with van der Waals surface area (Å²) in [5, 5.41) is 7.14. The summed E-state index contributed by atoms with van der Waals surface area (Å²) in [7, 11) is 4.14. The van der Waals surface area contributed by atoms with Crippen molar-refractivity contribution < 1.29 is 0 Å². The molecule has 0 aliphatic carbocycles. The van der Waals surface area contributed by atoms with Gasteiger partial charge in [0.1, 0.15) is 0 Å². The molecule has 0 amide bonds. The zero-order valence-electron chi connectivity index (χ0n) is 19.1. The first-order valence-corrected chi connectivity index (χ1v) is 14.7. The van der Waals surface area contributed by atoms with E-state index in [1.54, 1.807) is 0 Å². The van der Waals surface area contributed by atoms with Gasteiger partial charge in [-0.25, -0.2) is 0 Å². The largest absolute Gasteiger partial charge is 0.0942 e. The van der Waals surface area contributed by atoms with Gasteiger partial charge in [-0.3, -0.25) is 0 Å². The van der Waals surface area contributed by atoms with Crippen LogP contribution in [-0.2, 0) is 0 Å². The summed E-state index contributed by atoms with van der Waals surface area (Å²) in [4.78, 5) is 5.56. The van der Waals surface area contributed by atoms with Crippen molar-refractivity contribution in [3.63, 3.8) is 0 Å². The molecule has 0 aromatic heterocycles. The maximum absolute atomic E-state index is 8.20. The zero-order valence-corrected chi connectivity index (χ0v) is 20.7. The Morgan fingerprint density at radius 3 is 0.967 bits per heavy atom. The molecule has 0 bridgehead atoms. The Bertz CT molecular complexity index is 397. The molecule has 0 unspecified atom stereocenters. The highest BCUT2D eigenvalue weighted by Crippen LogP contribution is 2.25. The molecule has 0 aromatic carbocycles. The summed E-state index contributed by atoms with van der Waals surface area (Å²) < 4.78 is 0. The molecule has 8 heteroatoms. The average Bonchev–Trinajstić information content (AvgIpc) is 2.76. The normalized spacial score (nSPS) is 10.5. The molecule has 174 valence electrons. The third-order valence-corrected chi connectivity index (χ3v) is 7.76. The van der Waals surface area contributed by atoms with Gasteiger partial charge in [-0.1, -0.05) is 122 Å². The fourth-order valence-electron chi connectivity index (χ4n) is 3.37. The van der Waals surface area contributed by atoms with Gasteiger partial charge in [-0.2, -0.15) is 0 Å². The van der Waals surface area contributed by atoms with E-state index in [2.05, 4.69) is 41.6 Å². The van der Waals surface area contributed by atoms with Crippen molar-refractivity contribution in [2.45, 2.75) is 116 Å². The van der Waals surface area contributed by atoms with Gasteiger partial charge in [-0.05, 0) is 36.7 Å². The topological polar surface area (TPSA) is 97.5 Å². The fourth-order valence-corrected chi connectivity index (χ4v) is 5.66. The third kappa shape index (κ3) is 27.3. The highest BCUT2D eigenvalue weighted by atomic mass is 33.1. The first kappa shape index (κ1) is 29.3. The molecule has 0 saturated carbocycles. The minimum atomic E-state index is 0.662. The summed E-state index contributed by atoms with van der Waals surface area (Å²) >= 11 is 0. The minimum absolute atomic E-state index is 0.662. The molecule has 0 rings (SSSR count). The van der Waals surface area contributed by atoms with Crippen LogP contribution < -0.4 is 0 Å². The molecular formula is C22H44N6S2. The van der Waals surface area contributed by atoms with E-state index < -0.39 is 0 Å². The van der Waals surface area contributed by atoms with Crippen molar-refractivity contribution in [2.75, 3.05) is 24.6 Å². The highest BCUT2D eigenvalue weighted by molar-refractivity contribution is 8.76. The van der Waals surface area contributed by atoms with E-state index in [1.807, 2.05) is 0 Å². The van der Waals surface area contributed by atoms with Gasteiger partial charge in [0.25, 0.3) is 0 Å². The second-order valence-corrected chi connectivity index (χ2v) is 10.6. The lowest BCUT2D eigenvalue weighted by Gasteiger charge is -2.04. The monoisotopic (exact) mass is 456 g/mol. The number of hydrogen-bond acceptors (Lipinski definition) is 4. The molecule has 0 aliphatic rings. The maximum Gasteiger partial charge on any atom is 0.0257 e. The number of rotatable bonds is 25. The van der Waals surface area contributed by atoms with Gasteiger partial charge < -0.3 is 0 Å². The van der Waals surface area contributed by atoms with Gasteiger partial charge in [-0.15, -0.1) is 0 Å². The molecular weight excluding hydrogens is 412 g/mol. The van der Waals surface area contributed by atoms with Crippen molar-refractivity contribution in [1.29, 1.82) is 0 Å². The summed E-state index contributed by atoms with van der Waals surface area (Å²) in [6, 6.07) is 0. The number of nitrogens with zero attached hydrogens (tertiary/aromatic N) is 6. The third-order valence-electron chi connectivity index (χ3n) is 5.18. The van der Waals surface area contributed by atoms with Crippen molar-refractivity contribution >= 4 is 21.6 Å². The second-order valence-electron chi connectivity index (χ2n) is 7.92. The predicted octanol–water partition coefficient (Wildman–Crippen LogP) is 10.0. The lowest BCUT2D eigenvalue weighted by atomic mass is 10.1. The first-order chi connectivity index (χ1) is 14.9. The molecule has 30 heavy (non-hydrogen) atoms. The Balaban J connectivity index is 3.01. The standard InChI is InChI=1S/C22H44N6S2/c23-27-25-19-15-11-7-3-1-5-9-13-17-21-29-30-22-18-14-10-6-2-4-8-12-16-20-26-28-24/h1-22H2. The van der Waals surface area contributed by atoms with Crippen molar-refractivity contribution in [2.24, 2.45) is 10.2 Å². The summed E-state index contributed by atoms with van der Waals surface area (Å²) in [5.41, 5.74) is 16.4. The average molecular weight is 457 g/mol. The molecule has 0 atom stereocenters. The smallest absolute Gasteiger partial charge is 0.0257 e. The lowest BCUT2D eigenvalue weighted by molar-refractivity contribution is 0.567. The molecule has 0 saturated heterocycles. The van der Waals surface area contributed by atoms with Gasteiger partial charge in [0.15, 0.2) is 0 Å². The number of azide groups is 2. The van der Waals surface area contributed by atoms with E-state index in [1.165, 1.54) is 114 Å². The molecule has 0 aromatic rings. The Kier molecular flexibility index (Phi) is 27.7. The molecule has 0 spiro atoms. The Morgan fingerprint density at radius 2 is 0.667 bits per heavy atom. The number of unbranched alkanes of at least 4 members (excludes halogenated alkanes) is 16. The highest BCUT2D eigenvalue weighted by Gasteiger charge is 1.96. The Hall–Kier alpha value is -0.680. The number of hydrogen-bond donors (Lipinski definition) is 0. The molecule has 0 N–H and O–H groups in total. The quantitative estimate of drug-likeness (QED) is 0.0448. The van der Waals surface area contributed by atoms with Crippen LogP contribution in [0.5, 0.6) is 0 Å². The predicted molar refractivity (Wildman–Crippen MR) is 136 cm³/mol. The Labute approximate surface area is 192 Å². The van der Waals surface area contributed by atoms with Crippen LogP contribution in [0.1, 0.15) is 116 Å². The van der Waals surface area contributed by atoms with E-state index >= 15 is 0 Å². The molecule has 6 nitrogen and oxygen atoms in total. The molecule has 0 heterocycles. The van der Waals surface area contributed by atoms with E-state index in [4.69, 9.17) is 11.1 Å². The van der Waals surface area contributed by atoms with Crippen molar-refractivity contribution in [3.8, 4) is 0 Å². The maximum atomic E-state index is 8.20. The Morgan fingerprint density at radius 1 is 0.400 bits per heavy atom. The van der Waals surface area contributed by atoms with Gasteiger partial charge in [0.05, 0.1) is 0 Å². The lowest BCUT2D eigenvalue weighted by Crippen LogP contribution is -1.85. The van der Waals surface area contributed by atoms with Crippen LogP contribution in [0, 0.1) is 0 Å². The van der Waals surface area contributed by atoms with Crippen LogP contribution in [-0.4, -0.2) is 24.6 Å². The van der Waals surface area contributed by atoms with Crippen LogP contribution >= 0.6 is 21.6 Å².